The third-order valence-corrected chi connectivity index (χ3v) is 5.10. The van der Waals surface area contributed by atoms with Crippen LogP contribution in [0.4, 0.5) is 0 Å². The van der Waals surface area contributed by atoms with Gasteiger partial charge < -0.3 is 4.74 Å². The highest BCUT2D eigenvalue weighted by molar-refractivity contribution is 7.90. The summed E-state index contributed by atoms with van der Waals surface area (Å²) in [6, 6.07) is 7.92. The molecule has 2 unspecified atom stereocenters. The van der Waals surface area contributed by atoms with Crippen molar-refractivity contribution in [3.8, 4) is 5.75 Å². The van der Waals surface area contributed by atoms with E-state index in [-0.39, 0.29) is 0 Å². The number of hydrogen-bond donors (Lipinski definition) is 0. The topological polar surface area (TPSA) is 43.4 Å². The summed E-state index contributed by atoms with van der Waals surface area (Å²) >= 11 is 0. The quantitative estimate of drug-likeness (QED) is 0.773. The SMILES string of the molecule is C=Cc1cccc(OCC2CCC(CCS(C)(=O)=O)C2)c1. The zero-order valence-electron chi connectivity index (χ0n) is 12.6. The average Bonchev–Trinajstić information content (AvgIpc) is 2.90. The molecule has 0 N–H and O–H groups in total. The Kier molecular flexibility index (Phi) is 5.45. The molecule has 0 aromatic heterocycles. The summed E-state index contributed by atoms with van der Waals surface area (Å²) in [7, 11) is -2.83. The van der Waals surface area contributed by atoms with E-state index in [2.05, 4.69) is 6.58 Å². The Bertz CT molecular complexity index is 577. The van der Waals surface area contributed by atoms with Crippen LogP contribution in [-0.4, -0.2) is 27.0 Å². The molecule has 4 heteroatoms. The first-order valence-corrected chi connectivity index (χ1v) is 9.55. The monoisotopic (exact) mass is 308 g/mol. The molecule has 0 amide bonds. The second-order valence-corrected chi connectivity index (χ2v) is 8.31. The summed E-state index contributed by atoms with van der Waals surface area (Å²) in [6.45, 7) is 4.47. The van der Waals surface area contributed by atoms with Crippen molar-refractivity contribution >= 4 is 15.9 Å². The standard InChI is InChI=1S/C17H24O3S/c1-3-14-5-4-6-17(12-14)20-13-16-8-7-15(11-16)9-10-21(2,18)19/h3-6,12,15-16H,1,7-11,13H2,2H3. The molecule has 1 aliphatic rings. The number of sulfone groups is 1. The molecule has 1 aliphatic carbocycles. The molecule has 1 saturated carbocycles. The highest BCUT2D eigenvalue weighted by atomic mass is 32.2. The van der Waals surface area contributed by atoms with Gasteiger partial charge in [0.15, 0.2) is 0 Å². The Balaban J connectivity index is 1.76. The van der Waals surface area contributed by atoms with Crippen LogP contribution >= 0.6 is 0 Å². The minimum atomic E-state index is -2.83. The minimum absolute atomic E-state index is 0.312. The van der Waals surface area contributed by atoms with Gasteiger partial charge in [0, 0.05) is 6.26 Å². The molecule has 0 aliphatic heterocycles. The fourth-order valence-corrected chi connectivity index (χ4v) is 3.68. The van der Waals surface area contributed by atoms with Gasteiger partial charge in [-0.3, -0.25) is 0 Å². The Labute approximate surface area is 127 Å². The lowest BCUT2D eigenvalue weighted by atomic mass is 10.0. The second-order valence-electron chi connectivity index (χ2n) is 6.05. The minimum Gasteiger partial charge on any atom is -0.493 e. The summed E-state index contributed by atoms with van der Waals surface area (Å²) in [5.74, 6) is 2.27. The number of ether oxygens (including phenoxy) is 1. The largest absolute Gasteiger partial charge is 0.493 e. The van der Waals surface area contributed by atoms with Crippen molar-refractivity contribution < 1.29 is 13.2 Å². The molecule has 0 spiro atoms. The van der Waals surface area contributed by atoms with Gasteiger partial charge in [0.05, 0.1) is 12.4 Å². The summed E-state index contributed by atoms with van der Waals surface area (Å²) in [5, 5.41) is 0. The maximum atomic E-state index is 11.2. The molecule has 21 heavy (non-hydrogen) atoms. The summed E-state index contributed by atoms with van der Waals surface area (Å²) in [5.41, 5.74) is 1.06. The van der Waals surface area contributed by atoms with E-state index < -0.39 is 9.84 Å². The van der Waals surface area contributed by atoms with E-state index in [1.165, 1.54) is 6.26 Å². The fraction of sp³-hybridized carbons (Fsp3) is 0.529. The van der Waals surface area contributed by atoms with Crippen molar-refractivity contribution in [1.82, 2.24) is 0 Å². The van der Waals surface area contributed by atoms with Gasteiger partial charge in [0.2, 0.25) is 0 Å². The third kappa shape index (κ3) is 5.54. The molecule has 2 atom stereocenters. The van der Waals surface area contributed by atoms with Crippen molar-refractivity contribution in [1.29, 1.82) is 0 Å². The normalized spacial score (nSPS) is 22.1. The molecular formula is C17H24O3S. The van der Waals surface area contributed by atoms with Crippen LogP contribution in [0.5, 0.6) is 5.75 Å². The predicted octanol–water partition coefficient (Wildman–Crippen LogP) is 3.56. The lowest BCUT2D eigenvalue weighted by molar-refractivity contribution is 0.247. The van der Waals surface area contributed by atoms with Crippen molar-refractivity contribution in [2.75, 3.05) is 18.6 Å². The molecule has 2 rings (SSSR count). The van der Waals surface area contributed by atoms with E-state index in [1.54, 1.807) is 0 Å². The maximum absolute atomic E-state index is 11.2. The first-order chi connectivity index (χ1) is 9.96. The maximum Gasteiger partial charge on any atom is 0.147 e. The van der Waals surface area contributed by atoms with Crippen molar-refractivity contribution in [2.45, 2.75) is 25.7 Å². The second kappa shape index (κ2) is 7.12. The van der Waals surface area contributed by atoms with Crippen LogP contribution in [-0.2, 0) is 9.84 Å². The van der Waals surface area contributed by atoms with E-state index in [0.29, 0.717) is 17.6 Å². The highest BCUT2D eigenvalue weighted by Gasteiger charge is 2.25. The van der Waals surface area contributed by atoms with Gasteiger partial charge in [-0.15, -0.1) is 0 Å². The van der Waals surface area contributed by atoms with Gasteiger partial charge >= 0.3 is 0 Å². The predicted molar refractivity (Wildman–Crippen MR) is 87.2 cm³/mol. The number of rotatable bonds is 7. The molecule has 0 radical (unpaired) electrons. The molecular weight excluding hydrogens is 284 g/mol. The van der Waals surface area contributed by atoms with Crippen LogP contribution in [0.1, 0.15) is 31.2 Å². The van der Waals surface area contributed by atoms with Gasteiger partial charge in [-0.05, 0) is 48.8 Å². The number of benzene rings is 1. The van der Waals surface area contributed by atoms with Crippen LogP contribution in [0.25, 0.3) is 6.08 Å². The first-order valence-electron chi connectivity index (χ1n) is 7.49. The summed E-state index contributed by atoms with van der Waals surface area (Å²) in [6.07, 6.45) is 7.25. The van der Waals surface area contributed by atoms with E-state index in [9.17, 15) is 8.42 Å². The first kappa shape index (κ1) is 16.1. The Hall–Kier alpha value is -1.29. The van der Waals surface area contributed by atoms with Crippen LogP contribution in [0.3, 0.4) is 0 Å². The summed E-state index contributed by atoms with van der Waals surface area (Å²) in [4.78, 5) is 0. The average molecular weight is 308 g/mol. The molecule has 116 valence electrons. The molecule has 1 aromatic rings. The van der Waals surface area contributed by atoms with Crippen molar-refractivity contribution in [2.24, 2.45) is 11.8 Å². The zero-order valence-corrected chi connectivity index (χ0v) is 13.4. The summed E-state index contributed by atoms with van der Waals surface area (Å²) < 4.78 is 28.3. The molecule has 1 fully saturated rings. The molecule has 3 nitrogen and oxygen atoms in total. The van der Waals surface area contributed by atoms with Crippen LogP contribution < -0.4 is 4.74 Å². The lowest BCUT2D eigenvalue weighted by Crippen LogP contribution is -2.11. The van der Waals surface area contributed by atoms with Gasteiger partial charge in [-0.2, -0.15) is 0 Å². The third-order valence-electron chi connectivity index (χ3n) is 4.13. The Morgan fingerprint density at radius 3 is 2.81 bits per heavy atom. The van der Waals surface area contributed by atoms with Crippen molar-refractivity contribution in [3.63, 3.8) is 0 Å². The van der Waals surface area contributed by atoms with Gasteiger partial charge in [-0.25, -0.2) is 8.42 Å². The molecule has 1 aromatic carbocycles. The van der Waals surface area contributed by atoms with Gasteiger partial charge in [0.1, 0.15) is 15.6 Å². The number of hydrogen-bond acceptors (Lipinski definition) is 3. The molecule has 0 bridgehead atoms. The van der Waals surface area contributed by atoms with Crippen molar-refractivity contribution in [3.05, 3.63) is 36.4 Å². The lowest BCUT2D eigenvalue weighted by Gasteiger charge is -2.13. The van der Waals surface area contributed by atoms with E-state index in [1.807, 2.05) is 30.3 Å². The molecule has 0 heterocycles. The van der Waals surface area contributed by atoms with Gasteiger partial charge in [-0.1, -0.05) is 31.2 Å². The van der Waals surface area contributed by atoms with E-state index >= 15 is 0 Å². The van der Waals surface area contributed by atoms with E-state index in [0.717, 1.165) is 43.6 Å². The Morgan fingerprint density at radius 2 is 2.10 bits per heavy atom. The zero-order chi connectivity index (χ0) is 15.3. The molecule has 0 saturated heterocycles. The highest BCUT2D eigenvalue weighted by Crippen LogP contribution is 2.33. The van der Waals surface area contributed by atoms with Crippen LogP contribution in [0.2, 0.25) is 0 Å². The fourth-order valence-electron chi connectivity index (χ4n) is 2.92. The van der Waals surface area contributed by atoms with E-state index in [4.69, 9.17) is 4.74 Å². The smallest absolute Gasteiger partial charge is 0.147 e. The van der Waals surface area contributed by atoms with Crippen LogP contribution in [0, 0.1) is 11.8 Å². The van der Waals surface area contributed by atoms with Crippen LogP contribution in [0.15, 0.2) is 30.8 Å². The van der Waals surface area contributed by atoms with Gasteiger partial charge in [0.25, 0.3) is 0 Å². The Morgan fingerprint density at radius 1 is 1.33 bits per heavy atom.